The molecule has 0 spiro atoms. The third-order valence-corrected chi connectivity index (χ3v) is 3.55. The van der Waals surface area contributed by atoms with Gasteiger partial charge in [0.2, 0.25) is 0 Å². The summed E-state index contributed by atoms with van der Waals surface area (Å²) in [7, 11) is 0. The summed E-state index contributed by atoms with van der Waals surface area (Å²) in [5, 5.41) is 3.56. The van der Waals surface area contributed by atoms with Crippen LogP contribution in [0.3, 0.4) is 0 Å². The minimum atomic E-state index is 0.348. The summed E-state index contributed by atoms with van der Waals surface area (Å²) in [6.07, 6.45) is 1.04. The van der Waals surface area contributed by atoms with Gasteiger partial charge in [-0.15, -0.1) is 0 Å². The topological polar surface area (TPSA) is 21.3 Å². The highest BCUT2D eigenvalue weighted by Crippen LogP contribution is 2.16. The number of nitrogens with one attached hydrogen (secondary N) is 1. The van der Waals surface area contributed by atoms with Crippen molar-refractivity contribution in [3.8, 4) is 5.75 Å². The molecular formula is C19H25NO. The van der Waals surface area contributed by atoms with Gasteiger partial charge in [-0.05, 0) is 43.5 Å². The second-order valence-corrected chi connectivity index (χ2v) is 5.51. The molecule has 0 aliphatic heterocycles. The summed E-state index contributed by atoms with van der Waals surface area (Å²) in [4.78, 5) is 0. The average Bonchev–Trinajstić information content (AvgIpc) is 2.51. The van der Waals surface area contributed by atoms with E-state index in [1.54, 1.807) is 0 Å². The maximum Gasteiger partial charge on any atom is 0.119 e. The summed E-state index contributed by atoms with van der Waals surface area (Å²) in [6, 6.07) is 17.3. The van der Waals surface area contributed by atoms with Gasteiger partial charge in [0.1, 0.15) is 5.75 Å². The van der Waals surface area contributed by atoms with Crippen LogP contribution in [0.5, 0.6) is 5.75 Å². The summed E-state index contributed by atoms with van der Waals surface area (Å²) in [5.74, 6) is 0.951. The molecule has 2 aromatic rings. The van der Waals surface area contributed by atoms with E-state index < -0.39 is 0 Å². The molecular weight excluding hydrogens is 258 g/mol. The molecule has 2 heteroatoms. The van der Waals surface area contributed by atoms with E-state index in [-0.39, 0.29) is 0 Å². The maximum absolute atomic E-state index is 5.60. The van der Waals surface area contributed by atoms with E-state index in [1.165, 1.54) is 16.7 Å². The van der Waals surface area contributed by atoms with E-state index in [0.29, 0.717) is 6.04 Å². The Labute approximate surface area is 128 Å². The lowest BCUT2D eigenvalue weighted by Gasteiger charge is -2.15. The second kappa shape index (κ2) is 7.84. The zero-order valence-electron chi connectivity index (χ0n) is 13.2. The van der Waals surface area contributed by atoms with E-state index in [9.17, 15) is 0 Å². The van der Waals surface area contributed by atoms with Crippen molar-refractivity contribution in [1.82, 2.24) is 5.32 Å². The fourth-order valence-electron chi connectivity index (χ4n) is 2.25. The molecule has 21 heavy (non-hydrogen) atoms. The smallest absolute Gasteiger partial charge is 0.119 e. The van der Waals surface area contributed by atoms with Crippen molar-refractivity contribution >= 4 is 0 Å². The minimum Gasteiger partial charge on any atom is -0.494 e. The molecule has 0 fully saturated rings. The Morgan fingerprint density at radius 2 is 1.86 bits per heavy atom. The molecule has 2 rings (SSSR count). The Kier molecular flexibility index (Phi) is 5.82. The van der Waals surface area contributed by atoms with E-state index >= 15 is 0 Å². The first-order valence-corrected chi connectivity index (χ1v) is 7.70. The van der Waals surface area contributed by atoms with Gasteiger partial charge in [0.25, 0.3) is 0 Å². The highest BCUT2D eigenvalue weighted by molar-refractivity contribution is 5.28. The number of benzene rings is 2. The lowest BCUT2D eigenvalue weighted by molar-refractivity contribution is 0.317. The Bertz CT molecular complexity index is 548. The monoisotopic (exact) mass is 283 g/mol. The largest absolute Gasteiger partial charge is 0.494 e. The molecule has 0 unspecified atom stereocenters. The summed E-state index contributed by atoms with van der Waals surface area (Å²) in [6.45, 7) is 8.09. The molecule has 2 aromatic carbocycles. The van der Waals surface area contributed by atoms with Gasteiger partial charge in [-0.2, -0.15) is 0 Å². The molecule has 1 N–H and O–H groups in total. The third kappa shape index (κ3) is 4.91. The van der Waals surface area contributed by atoms with Crippen molar-refractivity contribution in [3.05, 3.63) is 65.2 Å². The van der Waals surface area contributed by atoms with Gasteiger partial charge in [-0.25, -0.2) is 0 Å². The summed E-state index contributed by atoms with van der Waals surface area (Å²) < 4.78 is 5.60. The highest BCUT2D eigenvalue weighted by Gasteiger charge is 2.05. The Morgan fingerprint density at radius 1 is 1.10 bits per heavy atom. The van der Waals surface area contributed by atoms with E-state index in [1.807, 2.05) is 12.1 Å². The lowest BCUT2D eigenvalue weighted by atomic mass is 10.1. The maximum atomic E-state index is 5.60. The normalized spacial score (nSPS) is 12.1. The van der Waals surface area contributed by atoms with Crippen LogP contribution in [-0.4, -0.2) is 6.61 Å². The fourth-order valence-corrected chi connectivity index (χ4v) is 2.25. The van der Waals surface area contributed by atoms with Gasteiger partial charge in [-0.1, -0.05) is 48.9 Å². The number of aryl methyl sites for hydroxylation is 1. The Hall–Kier alpha value is -1.80. The van der Waals surface area contributed by atoms with Crippen molar-refractivity contribution in [2.45, 2.75) is 39.8 Å². The van der Waals surface area contributed by atoms with Crippen LogP contribution in [0, 0.1) is 6.92 Å². The molecule has 0 bridgehead atoms. The molecule has 0 saturated carbocycles. The molecule has 0 aromatic heterocycles. The van der Waals surface area contributed by atoms with Gasteiger partial charge < -0.3 is 10.1 Å². The number of hydrogen-bond acceptors (Lipinski definition) is 2. The van der Waals surface area contributed by atoms with Crippen LogP contribution in [0.25, 0.3) is 0 Å². The molecule has 0 aliphatic carbocycles. The predicted octanol–water partition coefficient (Wildman–Crippen LogP) is 4.63. The SMILES string of the molecule is CCCOc1ccc(CN[C@@H](C)c2cccc(C)c2)cc1. The van der Waals surface area contributed by atoms with Gasteiger partial charge in [0.15, 0.2) is 0 Å². The Morgan fingerprint density at radius 3 is 2.52 bits per heavy atom. The zero-order chi connectivity index (χ0) is 15.1. The van der Waals surface area contributed by atoms with Crippen LogP contribution in [0.4, 0.5) is 0 Å². The van der Waals surface area contributed by atoms with Crippen LogP contribution in [0.2, 0.25) is 0 Å². The lowest BCUT2D eigenvalue weighted by Crippen LogP contribution is -2.18. The van der Waals surface area contributed by atoms with Gasteiger partial charge in [0, 0.05) is 12.6 Å². The third-order valence-electron chi connectivity index (χ3n) is 3.55. The van der Waals surface area contributed by atoms with Crippen molar-refractivity contribution in [3.63, 3.8) is 0 Å². The fraction of sp³-hybridized carbons (Fsp3) is 0.368. The molecule has 0 aliphatic rings. The molecule has 2 nitrogen and oxygen atoms in total. The minimum absolute atomic E-state index is 0.348. The first-order chi connectivity index (χ1) is 10.2. The van der Waals surface area contributed by atoms with Crippen molar-refractivity contribution in [2.24, 2.45) is 0 Å². The first kappa shape index (κ1) is 15.6. The number of rotatable bonds is 7. The summed E-state index contributed by atoms with van der Waals surface area (Å²) in [5.41, 5.74) is 3.91. The van der Waals surface area contributed by atoms with Crippen LogP contribution < -0.4 is 10.1 Å². The van der Waals surface area contributed by atoms with Crippen LogP contribution >= 0.6 is 0 Å². The first-order valence-electron chi connectivity index (χ1n) is 7.70. The van der Waals surface area contributed by atoms with E-state index in [0.717, 1.165) is 25.3 Å². The molecule has 0 heterocycles. The van der Waals surface area contributed by atoms with Crippen molar-refractivity contribution in [2.75, 3.05) is 6.61 Å². The predicted molar refractivity (Wildman–Crippen MR) is 88.7 cm³/mol. The number of hydrogen-bond donors (Lipinski definition) is 1. The molecule has 1 atom stereocenters. The highest BCUT2D eigenvalue weighted by atomic mass is 16.5. The number of ether oxygens (including phenoxy) is 1. The van der Waals surface area contributed by atoms with Gasteiger partial charge in [-0.3, -0.25) is 0 Å². The van der Waals surface area contributed by atoms with Crippen molar-refractivity contribution < 1.29 is 4.74 Å². The quantitative estimate of drug-likeness (QED) is 0.799. The van der Waals surface area contributed by atoms with Gasteiger partial charge in [0.05, 0.1) is 6.61 Å². The molecule has 0 saturated heterocycles. The summed E-state index contributed by atoms with van der Waals surface area (Å²) >= 11 is 0. The molecule has 112 valence electrons. The zero-order valence-corrected chi connectivity index (χ0v) is 13.2. The molecule has 0 radical (unpaired) electrons. The standard InChI is InChI=1S/C19H25NO/c1-4-12-21-19-10-8-17(9-11-19)14-20-16(3)18-7-5-6-15(2)13-18/h5-11,13,16,20H,4,12,14H2,1-3H3/t16-/m0/s1. The van der Waals surface area contributed by atoms with Crippen LogP contribution in [0.15, 0.2) is 48.5 Å². The molecule has 0 amide bonds. The Balaban J connectivity index is 1.87. The van der Waals surface area contributed by atoms with Crippen LogP contribution in [0.1, 0.15) is 43.0 Å². The second-order valence-electron chi connectivity index (χ2n) is 5.51. The average molecular weight is 283 g/mol. The van der Waals surface area contributed by atoms with Crippen LogP contribution in [-0.2, 0) is 6.54 Å². The van der Waals surface area contributed by atoms with E-state index in [2.05, 4.69) is 62.5 Å². The van der Waals surface area contributed by atoms with E-state index in [4.69, 9.17) is 4.74 Å². The van der Waals surface area contributed by atoms with Gasteiger partial charge >= 0.3 is 0 Å². The van der Waals surface area contributed by atoms with Crippen molar-refractivity contribution in [1.29, 1.82) is 0 Å².